The Labute approximate surface area is 182 Å². The Morgan fingerprint density at radius 1 is 1.00 bits per heavy atom. The number of hydrogen-bond acceptors (Lipinski definition) is 3. The van der Waals surface area contributed by atoms with Crippen LogP contribution in [0.3, 0.4) is 0 Å². The topological polar surface area (TPSA) is 67.2 Å². The van der Waals surface area contributed by atoms with Gasteiger partial charge in [0.1, 0.15) is 11.2 Å². The van der Waals surface area contributed by atoms with Gasteiger partial charge >= 0.3 is 0 Å². The minimum Gasteiger partial charge on any atom is -0.350 e. The monoisotopic (exact) mass is 416 g/mol. The zero-order valence-corrected chi connectivity index (χ0v) is 18.7. The molecule has 4 rings (SSSR count). The van der Waals surface area contributed by atoms with Gasteiger partial charge in [0.25, 0.3) is 5.91 Å². The molecule has 2 heterocycles. The Kier molecular flexibility index (Phi) is 5.17. The molecule has 1 N–H and O–H groups in total. The molecule has 1 aliphatic rings. The highest BCUT2D eigenvalue weighted by Crippen LogP contribution is 2.34. The number of carbonyl (C=O) groups is 2. The standard InChI is InChI=1S/C25H28N4O2/c1-16-6-8-20(9-7-16)14-26-24(31)25(5)15-28-22(13-19(4)27-28)23(30)29(25)21-11-17(2)10-18(3)12-21/h6-13H,14-15H2,1-5H3,(H,26,31). The summed E-state index contributed by atoms with van der Waals surface area (Å²) in [6, 6.07) is 15.8. The van der Waals surface area contributed by atoms with Crippen molar-refractivity contribution in [1.82, 2.24) is 15.1 Å². The predicted molar refractivity (Wildman–Crippen MR) is 121 cm³/mol. The van der Waals surface area contributed by atoms with Gasteiger partial charge in [0.15, 0.2) is 0 Å². The third-order valence-corrected chi connectivity index (χ3v) is 5.80. The summed E-state index contributed by atoms with van der Waals surface area (Å²) in [5.74, 6) is -0.427. The zero-order chi connectivity index (χ0) is 22.3. The summed E-state index contributed by atoms with van der Waals surface area (Å²) in [7, 11) is 0. The SMILES string of the molecule is Cc1ccc(CNC(=O)C2(C)Cn3nc(C)cc3C(=O)N2c2cc(C)cc(C)c2)cc1. The lowest BCUT2D eigenvalue weighted by Crippen LogP contribution is -2.64. The summed E-state index contributed by atoms with van der Waals surface area (Å²) < 4.78 is 1.66. The molecule has 0 radical (unpaired) electrons. The minimum absolute atomic E-state index is 0.209. The van der Waals surface area contributed by atoms with Crippen LogP contribution in [0.2, 0.25) is 0 Å². The maximum Gasteiger partial charge on any atom is 0.277 e. The first-order chi connectivity index (χ1) is 14.7. The van der Waals surface area contributed by atoms with Crippen molar-refractivity contribution in [2.24, 2.45) is 0 Å². The van der Waals surface area contributed by atoms with Crippen LogP contribution < -0.4 is 10.2 Å². The van der Waals surface area contributed by atoms with Gasteiger partial charge in [-0.05, 0) is 69.5 Å². The Bertz CT molecular complexity index is 1140. The first kappa shape index (κ1) is 20.8. The van der Waals surface area contributed by atoms with Crippen LogP contribution in [0.1, 0.15) is 45.4 Å². The van der Waals surface area contributed by atoms with E-state index >= 15 is 0 Å². The van der Waals surface area contributed by atoms with Crippen molar-refractivity contribution in [2.45, 2.75) is 53.2 Å². The number of rotatable bonds is 4. The van der Waals surface area contributed by atoms with E-state index in [1.807, 2.05) is 71.0 Å². The highest BCUT2D eigenvalue weighted by Gasteiger charge is 2.48. The molecule has 3 aromatic rings. The molecule has 0 fully saturated rings. The number of benzene rings is 2. The lowest BCUT2D eigenvalue weighted by Gasteiger charge is -2.43. The molecule has 31 heavy (non-hydrogen) atoms. The largest absolute Gasteiger partial charge is 0.350 e. The zero-order valence-electron chi connectivity index (χ0n) is 18.7. The fourth-order valence-corrected chi connectivity index (χ4v) is 4.27. The van der Waals surface area contributed by atoms with Crippen molar-refractivity contribution in [3.05, 3.63) is 82.2 Å². The number of nitrogens with one attached hydrogen (secondary N) is 1. The van der Waals surface area contributed by atoms with Crippen molar-refractivity contribution >= 4 is 17.5 Å². The Morgan fingerprint density at radius 3 is 2.29 bits per heavy atom. The van der Waals surface area contributed by atoms with E-state index in [9.17, 15) is 9.59 Å². The van der Waals surface area contributed by atoms with Gasteiger partial charge in [-0.2, -0.15) is 5.10 Å². The second kappa shape index (κ2) is 7.69. The molecule has 1 atom stereocenters. The molecule has 1 aliphatic heterocycles. The number of nitrogens with zero attached hydrogens (tertiary/aromatic N) is 3. The summed E-state index contributed by atoms with van der Waals surface area (Å²) in [5.41, 5.74) is 5.13. The lowest BCUT2D eigenvalue weighted by molar-refractivity contribution is -0.126. The van der Waals surface area contributed by atoms with E-state index in [0.29, 0.717) is 12.2 Å². The van der Waals surface area contributed by atoms with Crippen LogP contribution in [0.5, 0.6) is 0 Å². The Morgan fingerprint density at radius 2 is 1.65 bits per heavy atom. The van der Waals surface area contributed by atoms with Gasteiger partial charge in [-0.25, -0.2) is 0 Å². The van der Waals surface area contributed by atoms with Crippen molar-refractivity contribution < 1.29 is 9.59 Å². The van der Waals surface area contributed by atoms with Crippen LogP contribution in [0, 0.1) is 27.7 Å². The van der Waals surface area contributed by atoms with Crippen LogP contribution in [-0.4, -0.2) is 27.1 Å². The van der Waals surface area contributed by atoms with Crippen LogP contribution in [0.15, 0.2) is 48.5 Å². The second-order valence-electron chi connectivity index (χ2n) is 8.76. The van der Waals surface area contributed by atoms with Crippen LogP contribution >= 0.6 is 0 Å². The summed E-state index contributed by atoms with van der Waals surface area (Å²) >= 11 is 0. The summed E-state index contributed by atoms with van der Waals surface area (Å²) in [6.45, 7) is 10.4. The number of aryl methyl sites for hydroxylation is 4. The number of carbonyl (C=O) groups excluding carboxylic acids is 2. The molecule has 0 aliphatic carbocycles. The molecular weight excluding hydrogens is 388 g/mol. The number of hydrogen-bond donors (Lipinski definition) is 1. The molecule has 0 spiro atoms. The molecule has 0 saturated heterocycles. The van der Waals surface area contributed by atoms with Gasteiger partial charge < -0.3 is 5.32 Å². The average Bonchev–Trinajstić information content (AvgIpc) is 3.06. The normalized spacial score (nSPS) is 18.1. The first-order valence-corrected chi connectivity index (χ1v) is 10.5. The maximum absolute atomic E-state index is 13.6. The van der Waals surface area contributed by atoms with E-state index in [4.69, 9.17) is 0 Å². The number of aromatic nitrogens is 2. The molecule has 6 heteroatoms. The fraction of sp³-hybridized carbons (Fsp3) is 0.320. The van der Waals surface area contributed by atoms with E-state index in [2.05, 4.69) is 16.5 Å². The van der Waals surface area contributed by atoms with Gasteiger partial charge in [-0.15, -0.1) is 0 Å². The molecule has 0 saturated carbocycles. The first-order valence-electron chi connectivity index (χ1n) is 10.5. The van der Waals surface area contributed by atoms with Crippen LogP contribution in [0.25, 0.3) is 0 Å². The van der Waals surface area contributed by atoms with E-state index < -0.39 is 5.54 Å². The average molecular weight is 417 g/mol. The Hall–Kier alpha value is -3.41. The number of fused-ring (bicyclic) bond motifs is 1. The van der Waals surface area contributed by atoms with Crippen LogP contribution in [0.4, 0.5) is 5.69 Å². The third-order valence-electron chi connectivity index (χ3n) is 5.80. The summed E-state index contributed by atoms with van der Waals surface area (Å²) in [5, 5.41) is 7.50. The molecule has 6 nitrogen and oxygen atoms in total. The highest BCUT2D eigenvalue weighted by atomic mass is 16.2. The predicted octanol–water partition coefficient (Wildman–Crippen LogP) is 3.85. The van der Waals surface area contributed by atoms with Crippen molar-refractivity contribution in [3.8, 4) is 0 Å². The quantitative estimate of drug-likeness (QED) is 0.702. The smallest absolute Gasteiger partial charge is 0.277 e. The van der Waals surface area contributed by atoms with Crippen LogP contribution in [-0.2, 0) is 17.9 Å². The van der Waals surface area contributed by atoms with E-state index in [1.165, 1.54) is 5.56 Å². The second-order valence-corrected chi connectivity index (χ2v) is 8.76. The molecule has 0 bridgehead atoms. The molecular formula is C25H28N4O2. The molecule has 160 valence electrons. The highest BCUT2D eigenvalue weighted by molar-refractivity contribution is 6.11. The number of amides is 2. The maximum atomic E-state index is 13.6. The van der Waals surface area contributed by atoms with Crippen molar-refractivity contribution in [3.63, 3.8) is 0 Å². The van der Waals surface area contributed by atoms with Gasteiger partial charge in [-0.3, -0.25) is 19.2 Å². The minimum atomic E-state index is -1.12. The van der Waals surface area contributed by atoms with E-state index in [-0.39, 0.29) is 18.4 Å². The van der Waals surface area contributed by atoms with Crippen molar-refractivity contribution in [2.75, 3.05) is 4.90 Å². The third kappa shape index (κ3) is 3.85. The van der Waals surface area contributed by atoms with Crippen molar-refractivity contribution in [1.29, 1.82) is 0 Å². The molecule has 2 amide bonds. The van der Waals surface area contributed by atoms with Gasteiger partial charge in [0, 0.05) is 12.2 Å². The molecule has 2 aromatic carbocycles. The molecule has 1 unspecified atom stereocenters. The van der Waals surface area contributed by atoms with Gasteiger partial charge in [0.2, 0.25) is 5.91 Å². The summed E-state index contributed by atoms with van der Waals surface area (Å²) in [4.78, 5) is 28.7. The van der Waals surface area contributed by atoms with Gasteiger partial charge in [0.05, 0.1) is 12.2 Å². The lowest BCUT2D eigenvalue weighted by atomic mass is 9.93. The Balaban J connectivity index is 1.72. The van der Waals surface area contributed by atoms with E-state index in [0.717, 1.165) is 28.1 Å². The number of anilines is 1. The van der Waals surface area contributed by atoms with Gasteiger partial charge in [-0.1, -0.05) is 35.9 Å². The fourth-order valence-electron chi connectivity index (χ4n) is 4.27. The van der Waals surface area contributed by atoms with E-state index in [1.54, 1.807) is 15.6 Å². The summed E-state index contributed by atoms with van der Waals surface area (Å²) in [6.07, 6.45) is 0. The molecule has 1 aromatic heterocycles.